The molecule has 2 heteroatoms. The molecule has 0 amide bonds. The van der Waals surface area contributed by atoms with E-state index in [9.17, 15) is 0 Å². The highest BCUT2D eigenvalue weighted by Crippen LogP contribution is 2.39. The number of hydrogen-bond acceptors (Lipinski definition) is 2. The summed E-state index contributed by atoms with van der Waals surface area (Å²) < 4.78 is 5.49. The molecule has 0 saturated carbocycles. The quantitative estimate of drug-likeness (QED) is 0.669. The van der Waals surface area contributed by atoms with Gasteiger partial charge in [0.1, 0.15) is 5.76 Å². The normalized spacial score (nSPS) is 25.1. The molecule has 2 atom stereocenters. The predicted molar refractivity (Wildman–Crippen MR) is 74.0 cm³/mol. The summed E-state index contributed by atoms with van der Waals surface area (Å²) >= 11 is 0. The lowest BCUT2D eigenvalue weighted by Crippen LogP contribution is -2.22. The van der Waals surface area contributed by atoms with Gasteiger partial charge < -0.3 is 4.74 Å². The summed E-state index contributed by atoms with van der Waals surface area (Å²) in [7, 11) is 1.74. The zero-order valence-corrected chi connectivity index (χ0v) is 11.6. The first-order valence-corrected chi connectivity index (χ1v) is 6.21. The van der Waals surface area contributed by atoms with Crippen molar-refractivity contribution in [3.63, 3.8) is 0 Å². The van der Waals surface area contributed by atoms with Gasteiger partial charge in [0.25, 0.3) is 0 Å². The van der Waals surface area contributed by atoms with Crippen LogP contribution < -0.4 is 0 Å². The molecule has 0 aromatic carbocycles. The summed E-state index contributed by atoms with van der Waals surface area (Å²) in [5.41, 5.74) is 3.35. The van der Waals surface area contributed by atoms with Crippen molar-refractivity contribution in [2.24, 2.45) is 16.8 Å². The van der Waals surface area contributed by atoms with Crippen molar-refractivity contribution in [3.8, 4) is 0 Å². The maximum Gasteiger partial charge on any atom is 0.101 e. The van der Waals surface area contributed by atoms with Gasteiger partial charge in [0.15, 0.2) is 0 Å². The Morgan fingerprint density at radius 2 is 2.24 bits per heavy atom. The van der Waals surface area contributed by atoms with E-state index >= 15 is 0 Å². The van der Waals surface area contributed by atoms with Gasteiger partial charge in [-0.2, -0.15) is 0 Å². The summed E-state index contributed by atoms with van der Waals surface area (Å²) in [4.78, 5) is 4.44. The molecule has 0 fully saturated rings. The van der Waals surface area contributed by atoms with Crippen LogP contribution in [-0.4, -0.2) is 13.3 Å². The Morgan fingerprint density at radius 3 is 2.65 bits per heavy atom. The number of methoxy groups -OCH3 is 1. The number of nitrogens with zero attached hydrogens (tertiary/aromatic N) is 1. The third-order valence-corrected chi connectivity index (χ3v) is 3.38. The zero-order valence-electron chi connectivity index (χ0n) is 11.6. The number of hydrogen-bond donors (Lipinski definition) is 0. The highest BCUT2D eigenvalue weighted by molar-refractivity contribution is 5.58. The molecular weight excluding hydrogens is 210 g/mol. The summed E-state index contributed by atoms with van der Waals surface area (Å²) in [5, 5.41) is 0. The second-order valence-corrected chi connectivity index (χ2v) is 4.52. The van der Waals surface area contributed by atoms with E-state index in [-0.39, 0.29) is 0 Å². The molecule has 2 nitrogen and oxygen atoms in total. The number of ether oxygens (including phenoxy) is 1. The van der Waals surface area contributed by atoms with Crippen LogP contribution in [0, 0.1) is 11.8 Å². The lowest BCUT2D eigenvalue weighted by atomic mass is 9.77. The first-order chi connectivity index (χ1) is 8.06. The van der Waals surface area contributed by atoms with Crippen LogP contribution in [0.2, 0.25) is 0 Å². The molecule has 94 valence electrons. The number of aliphatic imine (C=N–C) groups is 1. The van der Waals surface area contributed by atoms with E-state index in [1.807, 2.05) is 13.1 Å². The standard InChI is InChI=1S/C15H23NO/c1-7-12-11(5)15(10(3)4)13(16-8-2)9-14(12)17-6/h8-9,11-12H,3,7H2,1-2,4-6H3/b16-8-. The van der Waals surface area contributed by atoms with Crippen molar-refractivity contribution in [1.82, 2.24) is 0 Å². The lowest BCUT2D eigenvalue weighted by molar-refractivity contribution is 0.211. The maximum absolute atomic E-state index is 5.49. The zero-order chi connectivity index (χ0) is 13.0. The minimum Gasteiger partial charge on any atom is -0.501 e. The molecule has 0 bridgehead atoms. The third-order valence-electron chi connectivity index (χ3n) is 3.38. The first-order valence-electron chi connectivity index (χ1n) is 6.21. The molecule has 0 aromatic rings. The van der Waals surface area contributed by atoms with Crippen molar-refractivity contribution in [2.75, 3.05) is 7.11 Å². The molecule has 0 saturated heterocycles. The summed E-state index contributed by atoms with van der Waals surface area (Å²) in [5.74, 6) is 1.88. The van der Waals surface area contributed by atoms with Crippen LogP contribution in [0.15, 0.2) is 40.2 Å². The molecule has 0 aliphatic heterocycles. The molecule has 0 radical (unpaired) electrons. The molecule has 1 rings (SSSR count). The van der Waals surface area contributed by atoms with Crippen LogP contribution in [0.5, 0.6) is 0 Å². The van der Waals surface area contributed by atoms with Crippen molar-refractivity contribution in [2.45, 2.75) is 34.1 Å². The van der Waals surface area contributed by atoms with Crippen LogP contribution in [0.4, 0.5) is 0 Å². The van der Waals surface area contributed by atoms with Gasteiger partial charge in [0, 0.05) is 18.2 Å². The molecule has 2 unspecified atom stereocenters. The molecule has 0 aromatic heterocycles. The fraction of sp³-hybridized carbons (Fsp3) is 0.533. The Hall–Kier alpha value is -1.31. The van der Waals surface area contributed by atoms with Crippen molar-refractivity contribution < 1.29 is 4.74 Å². The Kier molecular flexibility index (Phi) is 4.73. The van der Waals surface area contributed by atoms with Gasteiger partial charge in [-0.05, 0) is 31.8 Å². The molecule has 1 aliphatic rings. The van der Waals surface area contributed by atoms with E-state index in [0.29, 0.717) is 11.8 Å². The topological polar surface area (TPSA) is 21.6 Å². The monoisotopic (exact) mass is 233 g/mol. The highest BCUT2D eigenvalue weighted by Gasteiger charge is 2.30. The molecule has 17 heavy (non-hydrogen) atoms. The summed E-state index contributed by atoms with van der Waals surface area (Å²) in [6.45, 7) is 12.5. The second-order valence-electron chi connectivity index (χ2n) is 4.52. The lowest BCUT2D eigenvalue weighted by Gasteiger charge is -2.31. The average molecular weight is 233 g/mol. The van der Waals surface area contributed by atoms with Crippen molar-refractivity contribution >= 4 is 6.21 Å². The minimum absolute atomic E-state index is 0.413. The van der Waals surface area contributed by atoms with Gasteiger partial charge in [-0.3, -0.25) is 4.99 Å². The van der Waals surface area contributed by atoms with Gasteiger partial charge in [0.05, 0.1) is 12.8 Å². The molecule has 1 aliphatic carbocycles. The predicted octanol–water partition coefficient (Wildman–Crippen LogP) is 4.11. The summed E-state index contributed by atoms with van der Waals surface area (Å²) in [6, 6.07) is 0. The maximum atomic E-state index is 5.49. The van der Waals surface area contributed by atoms with Gasteiger partial charge in [0.2, 0.25) is 0 Å². The summed E-state index contributed by atoms with van der Waals surface area (Å²) in [6.07, 6.45) is 4.94. The minimum atomic E-state index is 0.413. The van der Waals surface area contributed by atoms with E-state index in [1.165, 1.54) is 5.57 Å². The van der Waals surface area contributed by atoms with E-state index < -0.39 is 0 Å². The Labute approximate surface area is 105 Å². The van der Waals surface area contributed by atoms with Gasteiger partial charge >= 0.3 is 0 Å². The fourth-order valence-corrected chi connectivity index (χ4v) is 2.62. The molecule has 0 N–H and O–H groups in total. The highest BCUT2D eigenvalue weighted by atomic mass is 16.5. The smallest absolute Gasteiger partial charge is 0.101 e. The van der Waals surface area contributed by atoms with Crippen LogP contribution in [0.25, 0.3) is 0 Å². The van der Waals surface area contributed by atoms with Crippen LogP contribution in [0.3, 0.4) is 0 Å². The number of rotatable bonds is 4. The Bertz CT molecular complexity index is 388. The Morgan fingerprint density at radius 1 is 1.59 bits per heavy atom. The largest absolute Gasteiger partial charge is 0.501 e. The van der Waals surface area contributed by atoms with Gasteiger partial charge in [-0.1, -0.05) is 26.0 Å². The number of allylic oxidation sites excluding steroid dienone is 4. The fourth-order valence-electron chi connectivity index (χ4n) is 2.62. The van der Waals surface area contributed by atoms with Crippen LogP contribution in [0.1, 0.15) is 34.1 Å². The van der Waals surface area contributed by atoms with Crippen LogP contribution in [-0.2, 0) is 4.74 Å². The van der Waals surface area contributed by atoms with Crippen molar-refractivity contribution in [1.29, 1.82) is 0 Å². The van der Waals surface area contributed by atoms with Crippen molar-refractivity contribution in [3.05, 3.63) is 35.3 Å². The van der Waals surface area contributed by atoms with E-state index in [1.54, 1.807) is 7.11 Å². The average Bonchev–Trinajstić information content (AvgIpc) is 2.28. The van der Waals surface area contributed by atoms with E-state index in [0.717, 1.165) is 23.5 Å². The third kappa shape index (κ3) is 2.68. The van der Waals surface area contributed by atoms with Gasteiger partial charge in [-0.25, -0.2) is 0 Å². The van der Waals surface area contributed by atoms with Gasteiger partial charge in [-0.15, -0.1) is 0 Å². The van der Waals surface area contributed by atoms with E-state index in [2.05, 4.69) is 38.4 Å². The van der Waals surface area contributed by atoms with E-state index in [4.69, 9.17) is 4.74 Å². The molecular formula is C15H23NO. The molecule has 0 heterocycles. The van der Waals surface area contributed by atoms with Crippen LogP contribution >= 0.6 is 0 Å². The molecule has 0 spiro atoms. The second kappa shape index (κ2) is 5.85. The first kappa shape index (κ1) is 13.8. The SMILES string of the molecule is C=C(C)C1=C(/N=C\C)C=C(OC)C(CC)C1C. The Balaban J connectivity index is 3.31.